The van der Waals surface area contributed by atoms with Crippen LogP contribution in [-0.2, 0) is 0 Å². The molecule has 0 amide bonds. The number of ether oxygens (including phenoxy) is 2. The summed E-state index contributed by atoms with van der Waals surface area (Å²) in [5, 5.41) is 15.1. The van der Waals surface area contributed by atoms with E-state index in [0.717, 1.165) is 16.9 Å². The van der Waals surface area contributed by atoms with E-state index in [-0.39, 0.29) is 5.78 Å². The summed E-state index contributed by atoms with van der Waals surface area (Å²) in [6.45, 7) is 1.52. The maximum Gasteiger partial charge on any atom is 0.161 e. The number of nitriles is 1. The van der Waals surface area contributed by atoms with E-state index in [1.165, 1.54) is 18.3 Å². The van der Waals surface area contributed by atoms with Crippen molar-refractivity contribution in [2.45, 2.75) is 6.92 Å². The van der Waals surface area contributed by atoms with Crippen molar-refractivity contribution in [3.8, 4) is 28.8 Å². The number of carbonyl (C=O) groups excluding carboxylic acids is 1. The highest BCUT2D eigenvalue weighted by Crippen LogP contribution is 2.33. The van der Waals surface area contributed by atoms with Crippen molar-refractivity contribution in [2.75, 3.05) is 19.5 Å². The number of hydrogen-bond donors (Lipinski definition) is 1. The molecular formula is C22H19N3O3S. The number of rotatable bonds is 7. The van der Waals surface area contributed by atoms with Crippen molar-refractivity contribution < 1.29 is 14.3 Å². The number of hydrogen-bond acceptors (Lipinski definition) is 7. The number of nitrogens with one attached hydrogen (secondary N) is 1. The first-order valence-electron chi connectivity index (χ1n) is 8.71. The van der Waals surface area contributed by atoms with Crippen molar-refractivity contribution in [3.63, 3.8) is 0 Å². The number of benzene rings is 2. The number of carbonyl (C=O) groups is 1. The van der Waals surface area contributed by atoms with Gasteiger partial charge in [-0.3, -0.25) is 4.79 Å². The summed E-state index contributed by atoms with van der Waals surface area (Å²) in [6, 6.07) is 14.8. The number of thiazole rings is 1. The zero-order valence-electron chi connectivity index (χ0n) is 16.2. The number of nitrogens with zero attached hydrogens (tertiary/aromatic N) is 2. The molecule has 1 heterocycles. The Morgan fingerprint density at radius 3 is 2.48 bits per heavy atom. The molecule has 0 unspecified atom stereocenters. The Kier molecular flexibility index (Phi) is 6.27. The van der Waals surface area contributed by atoms with E-state index in [1.807, 2.05) is 23.6 Å². The minimum Gasteiger partial charge on any atom is -0.493 e. The third kappa shape index (κ3) is 4.62. The summed E-state index contributed by atoms with van der Waals surface area (Å²) in [5.74, 6) is 1.27. The summed E-state index contributed by atoms with van der Waals surface area (Å²) in [4.78, 5) is 15.9. The fraction of sp³-hybridized carbons (Fsp3) is 0.136. The molecule has 0 aliphatic heterocycles. The molecule has 0 bridgehead atoms. The molecule has 2 aromatic carbocycles. The van der Waals surface area contributed by atoms with Gasteiger partial charge in [0.25, 0.3) is 0 Å². The zero-order valence-corrected chi connectivity index (χ0v) is 17.0. The average Bonchev–Trinajstić information content (AvgIpc) is 3.24. The molecule has 0 spiro atoms. The minimum atomic E-state index is 0.00952. The largest absolute Gasteiger partial charge is 0.493 e. The van der Waals surface area contributed by atoms with Crippen LogP contribution in [0.15, 0.2) is 54.0 Å². The molecule has 0 atom stereocenters. The van der Waals surface area contributed by atoms with Gasteiger partial charge in [0.05, 0.1) is 19.9 Å². The Labute approximate surface area is 173 Å². The first-order chi connectivity index (χ1) is 14.0. The second kappa shape index (κ2) is 9.04. The normalized spacial score (nSPS) is 10.9. The first kappa shape index (κ1) is 20.1. The number of methoxy groups -OCH3 is 2. The van der Waals surface area contributed by atoms with E-state index in [0.29, 0.717) is 27.6 Å². The van der Waals surface area contributed by atoms with Gasteiger partial charge in [0, 0.05) is 28.4 Å². The van der Waals surface area contributed by atoms with Crippen LogP contribution in [0.25, 0.3) is 16.8 Å². The second-order valence-corrected chi connectivity index (χ2v) is 6.91. The Bertz CT molecular complexity index is 1100. The Morgan fingerprint density at radius 2 is 1.86 bits per heavy atom. The molecular weight excluding hydrogens is 386 g/mol. The number of anilines is 1. The van der Waals surface area contributed by atoms with E-state index in [9.17, 15) is 10.1 Å². The monoisotopic (exact) mass is 405 g/mol. The number of allylic oxidation sites excluding steroid dienone is 1. The van der Waals surface area contributed by atoms with Crippen molar-refractivity contribution in [2.24, 2.45) is 0 Å². The standard InChI is InChI=1S/C22H19N3O3S/c1-14(26)15-4-7-18(8-5-15)24-12-17(11-23)22-25-19(13-29-22)16-6-9-20(27-2)21(10-16)28-3/h4-10,12-13,24H,1-3H3. The van der Waals surface area contributed by atoms with E-state index in [4.69, 9.17) is 9.47 Å². The highest BCUT2D eigenvalue weighted by molar-refractivity contribution is 7.11. The molecule has 29 heavy (non-hydrogen) atoms. The molecule has 0 fully saturated rings. The Hall–Kier alpha value is -3.63. The van der Waals surface area contributed by atoms with Crippen LogP contribution >= 0.6 is 11.3 Å². The first-order valence-corrected chi connectivity index (χ1v) is 9.59. The molecule has 6 nitrogen and oxygen atoms in total. The van der Waals surface area contributed by atoms with Gasteiger partial charge in [-0.05, 0) is 49.4 Å². The lowest BCUT2D eigenvalue weighted by Crippen LogP contribution is -1.94. The molecule has 0 saturated carbocycles. The van der Waals surface area contributed by atoms with Crippen LogP contribution in [0, 0.1) is 11.3 Å². The Balaban J connectivity index is 1.81. The topological polar surface area (TPSA) is 84.2 Å². The van der Waals surface area contributed by atoms with Gasteiger partial charge in [0.2, 0.25) is 0 Å². The summed E-state index contributed by atoms with van der Waals surface area (Å²) >= 11 is 1.38. The SMILES string of the molecule is COc1ccc(-c2csc(C(C#N)=CNc3ccc(C(C)=O)cc3)n2)cc1OC. The van der Waals surface area contributed by atoms with Crippen LogP contribution in [0.3, 0.4) is 0 Å². The lowest BCUT2D eigenvalue weighted by atomic mass is 10.1. The van der Waals surface area contributed by atoms with Crippen LogP contribution < -0.4 is 14.8 Å². The molecule has 0 radical (unpaired) electrons. The van der Waals surface area contributed by atoms with Gasteiger partial charge >= 0.3 is 0 Å². The van der Waals surface area contributed by atoms with E-state index in [2.05, 4.69) is 16.4 Å². The predicted octanol–water partition coefficient (Wildman–Crippen LogP) is 5.01. The molecule has 1 N–H and O–H groups in total. The van der Waals surface area contributed by atoms with Gasteiger partial charge in [0.1, 0.15) is 16.6 Å². The third-order valence-corrected chi connectivity index (χ3v) is 5.08. The smallest absolute Gasteiger partial charge is 0.161 e. The number of ketones is 1. The predicted molar refractivity (Wildman–Crippen MR) is 114 cm³/mol. The molecule has 3 rings (SSSR count). The van der Waals surface area contributed by atoms with Gasteiger partial charge in [-0.15, -0.1) is 11.3 Å². The summed E-state index contributed by atoms with van der Waals surface area (Å²) < 4.78 is 10.6. The molecule has 3 aromatic rings. The summed E-state index contributed by atoms with van der Waals surface area (Å²) in [5.41, 5.74) is 3.45. The van der Waals surface area contributed by atoms with Gasteiger partial charge < -0.3 is 14.8 Å². The molecule has 0 aliphatic rings. The molecule has 0 saturated heterocycles. The van der Waals surface area contributed by atoms with Crippen LogP contribution in [0.5, 0.6) is 11.5 Å². The highest BCUT2D eigenvalue weighted by Gasteiger charge is 2.12. The Morgan fingerprint density at radius 1 is 1.14 bits per heavy atom. The van der Waals surface area contributed by atoms with Gasteiger partial charge in [-0.2, -0.15) is 5.26 Å². The lowest BCUT2D eigenvalue weighted by Gasteiger charge is -2.08. The highest BCUT2D eigenvalue weighted by atomic mass is 32.1. The van der Waals surface area contributed by atoms with Crippen molar-refractivity contribution in [1.82, 2.24) is 4.98 Å². The maximum absolute atomic E-state index is 11.4. The molecule has 0 aliphatic carbocycles. The molecule has 1 aromatic heterocycles. The van der Waals surface area contributed by atoms with Gasteiger partial charge in [0.15, 0.2) is 17.3 Å². The fourth-order valence-electron chi connectivity index (χ4n) is 2.62. The van der Waals surface area contributed by atoms with E-state index >= 15 is 0 Å². The fourth-order valence-corrected chi connectivity index (χ4v) is 3.42. The third-order valence-electron chi connectivity index (χ3n) is 4.21. The average molecular weight is 405 g/mol. The molecule has 7 heteroatoms. The summed E-state index contributed by atoms with van der Waals surface area (Å²) in [7, 11) is 3.17. The zero-order chi connectivity index (χ0) is 20.8. The van der Waals surface area contributed by atoms with E-state index < -0.39 is 0 Å². The second-order valence-electron chi connectivity index (χ2n) is 6.06. The van der Waals surface area contributed by atoms with Crippen LogP contribution in [0.1, 0.15) is 22.3 Å². The quantitative estimate of drug-likeness (QED) is 0.439. The van der Waals surface area contributed by atoms with E-state index in [1.54, 1.807) is 44.7 Å². The van der Waals surface area contributed by atoms with Crippen LogP contribution in [-0.4, -0.2) is 25.0 Å². The minimum absolute atomic E-state index is 0.00952. The van der Waals surface area contributed by atoms with Crippen molar-refractivity contribution in [3.05, 3.63) is 64.6 Å². The van der Waals surface area contributed by atoms with Crippen LogP contribution in [0.2, 0.25) is 0 Å². The number of Topliss-reactive ketones (excluding diaryl/α,β-unsaturated/α-hetero) is 1. The van der Waals surface area contributed by atoms with Crippen LogP contribution in [0.4, 0.5) is 5.69 Å². The van der Waals surface area contributed by atoms with Crippen molar-refractivity contribution in [1.29, 1.82) is 5.26 Å². The van der Waals surface area contributed by atoms with Gasteiger partial charge in [-0.1, -0.05) is 0 Å². The van der Waals surface area contributed by atoms with Crippen molar-refractivity contribution >= 4 is 28.4 Å². The van der Waals surface area contributed by atoms with Gasteiger partial charge in [-0.25, -0.2) is 4.98 Å². The molecule has 146 valence electrons. The lowest BCUT2D eigenvalue weighted by molar-refractivity contribution is 0.101. The maximum atomic E-state index is 11.4. The summed E-state index contributed by atoms with van der Waals surface area (Å²) in [6.07, 6.45) is 1.61. The number of aromatic nitrogens is 1.